The number of halogens is 1. The van der Waals surface area contributed by atoms with Gasteiger partial charge in [0.05, 0.1) is 6.67 Å². The molecule has 1 aromatic carbocycles. The van der Waals surface area contributed by atoms with Gasteiger partial charge < -0.3 is 5.32 Å². The van der Waals surface area contributed by atoms with Crippen molar-refractivity contribution in [3.05, 3.63) is 35.9 Å². The zero-order chi connectivity index (χ0) is 14.2. The number of hydrogen-bond donors (Lipinski definition) is 1. The van der Waals surface area contributed by atoms with Crippen LogP contribution in [0, 0.1) is 0 Å². The van der Waals surface area contributed by atoms with E-state index in [4.69, 9.17) is 0 Å². The highest BCUT2D eigenvalue weighted by Gasteiger charge is 2.26. The van der Waals surface area contributed by atoms with E-state index in [0.29, 0.717) is 18.5 Å². The third-order valence-electron chi connectivity index (χ3n) is 4.14. The molecule has 1 N–H and O–H groups in total. The van der Waals surface area contributed by atoms with Gasteiger partial charge in [-0.3, -0.25) is 9.29 Å². The van der Waals surface area contributed by atoms with E-state index >= 15 is 0 Å². The van der Waals surface area contributed by atoms with Crippen molar-refractivity contribution >= 4 is 0 Å². The summed E-state index contributed by atoms with van der Waals surface area (Å²) < 4.78 is 12.5. The van der Waals surface area contributed by atoms with E-state index in [1.807, 2.05) is 0 Å². The lowest BCUT2D eigenvalue weighted by Gasteiger charge is -2.40. The van der Waals surface area contributed by atoms with Gasteiger partial charge in [0.1, 0.15) is 0 Å². The lowest BCUT2D eigenvalue weighted by molar-refractivity contribution is 0.121. The first kappa shape index (κ1) is 15.5. The minimum atomic E-state index is -0.208. The third kappa shape index (κ3) is 4.57. The minimum absolute atomic E-state index is 0.208. The standard InChI is InChI=1S/C17H27FN2/c1-2-7-16-14-20(11-6-10-18)17(13-19-16)12-15-8-4-3-5-9-15/h3-5,8-9,16-17,19H,2,6-7,10-14H2,1H3. The Morgan fingerprint density at radius 3 is 2.80 bits per heavy atom. The number of hydrogen-bond acceptors (Lipinski definition) is 2. The Bertz CT molecular complexity index is 369. The predicted molar refractivity (Wildman–Crippen MR) is 82.8 cm³/mol. The van der Waals surface area contributed by atoms with Gasteiger partial charge in [-0.1, -0.05) is 43.7 Å². The van der Waals surface area contributed by atoms with E-state index in [0.717, 1.165) is 26.1 Å². The topological polar surface area (TPSA) is 15.3 Å². The monoisotopic (exact) mass is 278 g/mol. The van der Waals surface area contributed by atoms with Crippen molar-refractivity contribution in [1.29, 1.82) is 0 Å². The molecule has 1 aromatic rings. The Balaban J connectivity index is 1.94. The van der Waals surface area contributed by atoms with Crippen molar-refractivity contribution in [3.8, 4) is 0 Å². The van der Waals surface area contributed by atoms with E-state index in [9.17, 15) is 4.39 Å². The Morgan fingerprint density at radius 2 is 2.10 bits per heavy atom. The molecule has 0 radical (unpaired) electrons. The number of piperazine rings is 1. The van der Waals surface area contributed by atoms with Gasteiger partial charge >= 0.3 is 0 Å². The first-order valence-corrected chi connectivity index (χ1v) is 7.90. The van der Waals surface area contributed by atoms with Gasteiger partial charge in [0, 0.05) is 31.7 Å². The molecular weight excluding hydrogens is 251 g/mol. The molecule has 0 amide bonds. The molecule has 20 heavy (non-hydrogen) atoms. The molecule has 1 saturated heterocycles. The average Bonchev–Trinajstić information content (AvgIpc) is 2.48. The van der Waals surface area contributed by atoms with Gasteiger partial charge in [-0.25, -0.2) is 0 Å². The fraction of sp³-hybridized carbons (Fsp3) is 0.647. The summed E-state index contributed by atoms with van der Waals surface area (Å²) in [5.74, 6) is 0. The van der Waals surface area contributed by atoms with Crippen LogP contribution >= 0.6 is 0 Å². The Hall–Kier alpha value is -0.930. The normalized spacial score (nSPS) is 23.9. The number of benzene rings is 1. The van der Waals surface area contributed by atoms with Crippen LogP contribution in [0.15, 0.2) is 30.3 Å². The van der Waals surface area contributed by atoms with Gasteiger partial charge in [-0.2, -0.15) is 0 Å². The summed E-state index contributed by atoms with van der Waals surface area (Å²) in [5.41, 5.74) is 1.37. The van der Waals surface area contributed by atoms with Crippen LogP contribution in [0.25, 0.3) is 0 Å². The van der Waals surface area contributed by atoms with Gasteiger partial charge in [0.25, 0.3) is 0 Å². The molecule has 2 nitrogen and oxygen atoms in total. The summed E-state index contributed by atoms with van der Waals surface area (Å²) in [7, 11) is 0. The Kier molecular flexibility index (Phi) is 6.48. The molecule has 1 heterocycles. The van der Waals surface area contributed by atoms with Crippen LogP contribution in [0.2, 0.25) is 0 Å². The van der Waals surface area contributed by atoms with Crippen LogP contribution in [-0.4, -0.2) is 43.3 Å². The lowest BCUT2D eigenvalue weighted by atomic mass is 9.99. The Labute approximate surface area is 122 Å². The summed E-state index contributed by atoms with van der Waals surface area (Å²) in [6.07, 6.45) is 4.13. The molecule has 0 saturated carbocycles. The van der Waals surface area contributed by atoms with Crippen molar-refractivity contribution in [2.24, 2.45) is 0 Å². The fourth-order valence-electron chi connectivity index (χ4n) is 3.09. The molecule has 2 rings (SSSR count). The maximum Gasteiger partial charge on any atom is 0.0906 e. The molecule has 0 spiro atoms. The van der Waals surface area contributed by atoms with Crippen molar-refractivity contribution < 1.29 is 4.39 Å². The molecule has 2 unspecified atom stereocenters. The van der Waals surface area contributed by atoms with Crippen LogP contribution in [0.3, 0.4) is 0 Å². The minimum Gasteiger partial charge on any atom is -0.311 e. The summed E-state index contributed by atoms with van der Waals surface area (Å²) in [4.78, 5) is 2.49. The van der Waals surface area contributed by atoms with Crippen molar-refractivity contribution in [3.63, 3.8) is 0 Å². The Morgan fingerprint density at radius 1 is 1.30 bits per heavy atom. The van der Waals surface area contributed by atoms with Crippen LogP contribution in [-0.2, 0) is 6.42 Å². The molecule has 1 aliphatic rings. The van der Waals surface area contributed by atoms with E-state index in [2.05, 4.69) is 47.5 Å². The van der Waals surface area contributed by atoms with Crippen LogP contribution in [0.5, 0.6) is 0 Å². The zero-order valence-corrected chi connectivity index (χ0v) is 12.5. The molecule has 0 aliphatic carbocycles. The van der Waals surface area contributed by atoms with E-state index in [-0.39, 0.29) is 6.67 Å². The molecule has 112 valence electrons. The molecule has 3 heteroatoms. The second kappa shape index (κ2) is 8.38. The molecule has 0 bridgehead atoms. The smallest absolute Gasteiger partial charge is 0.0906 e. The zero-order valence-electron chi connectivity index (χ0n) is 12.5. The summed E-state index contributed by atoms with van der Waals surface area (Å²) in [6.45, 7) is 4.98. The molecule has 1 fully saturated rings. The number of nitrogens with zero attached hydrogens (tertiary/aromatic N) is 1. The quantitative estimate of drug-likeness (QED) is 0.825. The number of alkyl halides is 1. The second-order valence-corrected chi connectivity index (χ2v) is 5.77. The number of nitrogens with one attached hydrogen (secondary N) is 1. The van der Waals surface area contributed by atoms with E-state index < -0.39 is 0 Å². The summed E-state index contributed by atoms with van der Waals surface area (Å²) in [6, 6.07) is 11.7. The fourth-order valence-corrected chi connectivity index (χ4v) is 3.09. The van der Waals surface area contributed by atoms with Gasteiger partial charge in [0.2, 0.25) is 0 Å². The molecule has 0 aromatic heterocycles. The van der Waals surface area contributed by atoms with Crippen molar-refractivity contribution in [2.75, 3.05) is 26.3 Å². The molecular formula is C17H27FN2. The highest BCUT2D eigenvalue weighted by Crippen LogP contribution is 2.15. The van der Waals surface area contributed by atoms with Crippen LogP contribution in [0.1, 0.15) is 31.7 Å². The van der Waals surface area contributed by atoms with E-state index in [1.165, 1.54) is 18.4 Å². The second-order valence-electron chi connectivity index (χ2n) is 5.77. The van der Waals surface area contributed by atoms with Gasteiger partial charge in [-0.05, 0) is 24.8 Å². The average molecular weight is 278 g/mol. The highest BCUT2D eigenvalue weighted by molar-refractivity contribution is 5.16. The van der Waals surface area contributed by atoms with Crippen molar-refractivity contribution in [2.45, 2.75) is 44.7 Å². The molecule has 2 atom stereocenters. The largest absolute Gasteiger partial charge is 0.311 e. The molecule has 1 aliphatic heterocycles. The maximum atomic E-state index is 12.5. The lowest BCUT2D eigenvalue weighted by Crippen LogP contribution is -2.57. The van der Waals surface area contributed by atoms with Crippen LogP contribution in [0.4, 0.5) is 4.39 Å². The summed E-state index contributed by atoms with van der Waals surface area (Å²) in [5, 5.41) is 3.66. The van der Waals surface area contributed by atoms with E-state index in [1.54, 1.807) is 0 Å². The summed E-state index contributed by atoms with van der Waals surface area (Å²) >= 11 is 0. The first-order valence-electron chi connectivity index (χ1n) is 7.90. The SMILES string of the molecule is CCCC1CN(CCCF)C(Cc2ccccc2)CN1. The van der Waals surface area contributed by atoms with Gasteiger partial charge in [0.15, 0.2) is 0 Å². The highest BCUT2D eigenvalue weighted by atomic mass is 19.1. The predicted octanol–water partition coefficient (Wildman–Crippen LogP) is 3.03. The number of rotatable bonds is 7. The van der Waals surface area contributed by atoms with Gasteiger partial charge in [-0.15, -0.1) is 0 Å². The third-order valence-corrected chi connectivity index (χ3v) is 4.14. The first-order chi connectivity index (χ1) is 9.83. The van der Waals surface area contributed by atoms with Crippen LogP contribution < -0.4 is 5.32 Å². The van der Waals surface area contributed by atoms with Crippen molar-refractivity contribution in [1.82, 2.24) is 10.2 Å². The maximum absolute atomic E-state index is 12.5.